The first-order valence-electron chi connectivity index (χ1n) is 5.92. The standard InChI is InChI=1S/C12H18P.ClHO4/c1-2-13(10-6-7-11-13)12-8-4-3-5-9-12;2-1(3,4)5/h3-5,8-9H,2,6-7,10-11H2,1H3;(H,2,3,4,5)/q+1;. The van der Waals surface area contributed by atoms with Gasteiger partial charge in [-0.05, 0) is 31.9 Å². The van der Waals surface area contributed by atoms with E-state index in [1.54, 1.807) is 5.30 Å². The van der Waals surface area contributed by atoms with Crippen LogP contribution < -0.4 is 19.3 Å². The Morgan fingerprint density at radius 1 is 1.11 bits per heavy atom. The third-order valence-electron chi connectivity index (χ3n) is 3.33. The Hall–Kier alpha value is -0.220. The first-order valence-corrected chi connectivity index (χ1v) is 9.53. The minimum atomic E-state index is -4.69. The van der Waals surface area contributed by atoms with Crippen LogP contribution in [0.2, 0.25) is 0 Å². The second-order valence-electron chi connectivity index (χ2n) is 4.35. The molecule has 0 aromatic heterocycles. The molecule has 0 atom stereocenters. The summed E-state index contributed by atoms with van der Waals surface area (Å²) in [4.78, 5) is 0. The maximum atomic E-state index is 8.60. The summed E-state index contributed by atoms with van der Waals surface area (Å²) in [5.41, 5.74) is 0. The van der Waals surface area contributed by atoms with Crippen LogP contribution in [-0.4, -0.2) is 23.1 Å². The van der Waals surface area contributed by atoms with Crippen molar-refractivity contribution in [3.8, 4) is 0 Å². The monoisotopic (exact) mass is 293 g/mol. The van der Waals surface area contributed by atoms with Crippen molar-refractivity contribution in [3.05, 3.63) is 30.3 Å². The molecule has 18 heavy (non-hydrogen) atoms. The van der Waals surface area contributed by atoms with Crippen LogP contribution in [0.3, 0.4) is 0 Å². The molecule has 0 bridgehead atoms. The summed E-state index contributed by atoms with van der Waals surface area (Å²) in [7, 11) is -5.37. The van der Waals surface area contributed by atoms with E-state index in [2.05, 4.69) is 37.3 Å². The molecule has 1 aromatic carbocycles. The van der Waals surface area contributed by atoms with Gasteiger partial charge in [0.1, 0.15) is 0 Å². The lowest BCUT2D eigenvalue weighted by Crippen LogP contribution is -2.58. The average molecular weight is 294 g/mol. The Morgan fingerprint density at radius 2 is 1.56 bits per heavy atom. The zero-order valence-electron chi connectivity index (χ0n) is 10.4. The van der Waals surface area contributed by atoms with Crippen molar-refractivity contribution < 1.29 is 28.9 Å². The van der Waals surface area contributed by atoms with E-state index >= 15 is 0 Å². The van der Waals surface area contributed by atoms with Crippen molar-refractivity contribution in [2.75, 3.05) is 18.5 Å². The predicted octanol–water partition coefficient (Wildman–Crippen LogP) is -0.981. The lowest BCUT2D eigenvalue weighted by atomic mass is 10.4. The lowest BCUT2D eigenvalue weighted by molar-refractivity contribution is -1.92. The fourth-order valence-electron chi connectivity index (χ4n) is 2.44. The SMILES string of the molecule is CC[P+]1(c2ccccc2)CCCC1.[O-][Cl+3]([O-])([O-])O. The zero-order valence-corrected chi connectivity index (χ0v) is 12.1. The summed E-state index contributed by atoms with van der Waals surface area (Å²) < 4.78 is 32.7. The van der Waals surface area contributed by atoms with Gasteiger partial charge in [0.2, 0.25) is 0 Å². The topological polar surface area (TPSA) is 89.4 Å². The van der Waals surface area contributed by atoms with E-state index in [4.69, 9.17) is 18.6 Å². The molecule has 1 aliphatic rings. The highest BCUT2D eigenvalue weighted by atomic mass is 35.7. The molecule has 1 N–H and O–H groups in total. The fourth-order valence-corrected chi connectivity index (χ4v) is 6.64. The van der Waals surface area contributed by atoms with Crippen molar-refractivity contribution in [2.24, 2.45) is 0 Å². The Morgan fingerprint density at radius 3 is 1.94 bits per heavy atom. The molecule has 2 rings (SSSR count). The van der Waals surface area contributed by atoms with Gasteiger partial charge in [-0.2, -0.15) is 14.0 Å². The summed E-state index contributed by atoms with van der Waals surface area (Å²) in [6, 6.07) is 11.2. The molecule has 0 saturated carbocycles. The second kappa shape index (κ2) is 6.80. The molecule has 1 aromatic rings. The highest BCUT2D eigenvalue weighted by Gasteiger charge is 2.40. The van der Waals surface area contributed by atoms with Crippen molar-refractivity contribution >= 4 is 12.6 Å². The lowest BCUT2D eigenvalue weighted by Gasteiger charge is -2.19. The van der Waals surface area contributed by atoms with Crippen molar-refractivity contribution in [1.29, 1.82) is 0 Å². The molecule has 4 nitrogen and oxygen atoms in total. The van der Waals surface area contributed by atoms with Crippen molar-refractivity contribution in [2.45, 2.75) is 19.8 Å². The highest BCUT2D eigenvalue weighted by Crippen LogP contribution is 2.62. The molecule has 102 valence electrons. The zero-order chi connectivity index (χ0) is 13.6. The third-order valence-corrected chi connectivity index (χ3v) is 8.28. The molecular formula is C12H19ClO4P+. The number of benzene rings is 1. The maximum Gasteiger partial charge on any atom is 0.0939 e. The summed E-state index contributed by atoms with van der Waals surface area (Å²) in [6.45, 7) is 2.38. The van der Waals surface area contributed by atoms with Crippen LogP contribution in [0.4, 0.5) is 0 Å². The quantitative estimate of drug-likeness (QED) is 0.710. The maximum absolute atomic E-state index is 8.60. The molecule has 0 spiro atoms. The molecule has 1 fully saturated rings. The second-order valence-corrected chi connectivity index (χ2v) is 9.47. The molecule has 0 unspecified atom stereocenters. The molecule has 0 radical (unpaired) electrons. The fraction of sp³-hybridized carbons (Fsp3) is 0.500. The van der Waals surface area contributed by atoms with Crippen LogP contribution in [0.15, 0.2) is 30.3 Å². The molecule has 6 heteroatoms. The average Bonchev–Trinajstić information content (AvgIpc) is 2.78. The Bertz CT molecular complexity index is 341. The Balaban J connectivity index is 0.000000280. The highest BCUT2D eigenvalue weighted by molar-refractivity contribution is 7.83. The van der Waals surface area contributed by atoms with E-state index in [0.29, 0.717) is 0 Å². The third kappa shape index (κ3) is 5.19. The largest absolute Gasteiger partial charge is 0.183 e. The minimum Gasteiger partial charge on any atom is -0.183 e. The first kappa shape index (κ1) is 15.8. The van der Waals surface area contributed by atoms with Crippen LogP contribution in [0.25, 0.3) is 0 Å². The molecule has 0 aliphatic carbocycles. The first-order chi connectivity index (χ1) is 8.37. The Kier molecular flexibility index (Phi) is 5.99. The van der Waals surface area contributed by atoms with Crippen molar-refractivity contribution in [1.82, 2.24) is 0 Å². The summed E-state index contributed by atoms with van der Waals surface area (Å²) in [5.74, 6) is 0. The minimum absolute atomic E-state index is 0.680. The van der Waals surface area contributed by atoms with Gasteiger partial charge in [0.15, 0.2) is 0 Å². The van der Waals surface area contributed by atoms with E-state index in [-0.39, 0.29) is 0 Å². The summed E-state index contributed by atoms with van der Waals surface area (Å²) in [5, 5.41) is 1.68. The van der Waals surface area contributed by atoms with Gasteiger partial charge in [0.05, 0.1) is 38.7 Å². The number of halogens is 1. The molecule has 1 saturated heterocycles. The van der Waals surface area contributed by atoms with Crippen LogP contribution in [0, 0.1) is 10.2 Å². The van der Waals surface area contributed by atoms with Gasteiger partial charge in [-0.3, -0.25) is 0 Å². The van der Waals surface area contributed by atoms with Gasteiger partial charge in [0.25, 0.3) is 0 Å². The van der Waals surface area contributed by atoms with E-state index in [0.717, 1.165) is 0 Å². The van der Waals surface area contributed by atoms with E-state index in [1.165, 1.54) is 31.3 Å². The predicted molar refractivity (Wildman–Crippen MR) is 64.7 cm³/mol. The van der Waals surface area contributed by atoms with Gasteiger partial charge >= 0.3 is 0 Å². The Labute approximate surface area is 110 Å². The van der Waals surface area contributed by atoms with Gasteiger partial charge < -0.3 is 0 Å². The van der Waals surface area contributed by atoms with Crippen LogP contribution >= 0.6 is 7.26 Å². The van der Waals surface area contributed by atoms with Gasteiger partial charge in [-0.1, -0.05) is 18.2 Å². The molecule has 1 aliphatic heterocycles. The van der Waals surface area contributed by atoms with Crippen LogP contribution in [0.5, 0.6) is 0 Å². The number of hydrogen-bond acceptors (Lipinski definition) is 4. The van der Waals surface area contributed by atoms with Crippen LogP contribution in [0.1, 0.15) is 19.8 Å². The summed E-state index contributed by atoms with van der Waals surface area (Å²) >= 11 is 0. The molecule has 0 amide bonds. The van der Waals surface area contributed by atoms with E-state index in [1.807, 2.05) is 0 Å². The van der Waals surface area contributed by atoms with E-state index in [9.17, 15) is 0 Å². The summed E-state index contributed by atoms with van der Waals surface area (Å²) in [6.07, 6.45) is 7.37. The van der Waals surface area contributed by atoms with Crippen molar-refractivity contribution in [3.63, 3.8) is 0 Å². The smallest absolute Gasteiger partial charge is 0.0939 e. The van der Waals surface area contributed by atoms with Gasteiger partial charge in [-0.15, -0.1) is 0 Å². The number of hydrogen-bond donors (Lipinski definition) is 1. The molecule has 1 heterocycles. The van der Waals surface area contributed by atoms with Gasteiger partial charge in [-0.25, -0.2) is 0 Å². The molecular weight excluding hydrogens is 275 g/mol. The normalized spacial score (nSPS) is 18.1. The number of rotatable bonds is 2. The van der Waals surface area contributed by atoms with Crippen LogP contribution in [-0.2, 0) is 0 Å². The van der Waals surface area contributed by atoms with E-state index < -0.39 is 17.5 Å². The van der Waals surface area contributed by atoms with Gasteiger partial charge in [0, 0.05) is 7.26 Å².